The van der Waals surface area contributed by atoms with Gasteiger partial charge in [0.05, 0.1) is 20.6 Å². The Morgan fingerprint density at radius 3 is 2.83 bits per heavy atom. The molecule has 0 spiro atoms. The summed E-state index contributed by atoms with van der Waals surface area (Å²) < 4.78 is 21.4. The maximum absolute atomic E-state index is 11.4. The standard InChI is InChI=1S/C13H14O5/c1-15-7-3-9(16-2)13-8-5-12(14)18-11(8)6-17-10(13)4-7/h3-4,8,11H,5-6H2,1-2H3/t8-,11-/m1/s1. The highest BCUT2D eigenvalue weighted by Gasteiger charge is 2.42. The zero-order valence-corrected chi connectivity index (χ0v) is 10.3. The van der Waals surface area contributed by atoms with Crippen molar-refractivity contribution >= 4 is 5.97 Å². The van der Waals surface area contributed by atoms with E-state index in [4.69, 9.17) is 18.9 Å². The Labute approximate surface area is 105 Å². The van der Waals surface area contributed by atoms with Crippen molar-refractivity contribution in [1.82, 2.24) is 0 Å². The minimum Gasteiger partial charge on any atom is -0.496 e. The Morgan fingerprint density at radius 1 is 1.28 bits per heavy atom. The fourth-order valence-corrected chi connectivity index (χ4v) is 2.57. The van der Waals surface area contributed by atoms with E-state index in [-0.39, 0.29) is 18.0 Å². The lowest BCUT2D eigenvalue weighted by molar-refractivity contribution is -0.142. The third kappa shape index (κ3) is 1.58. The van der Waals surface area contributed by atoms with Crippen LogP contribution in [0, 0.1) is 0 Å². The van der Waals surface area contributed by atoms with Gasteiger partial charge in [0.1, 0.15) is 30.0 Å². The average Bonchev–Trinajstić information content (AvgIpc) is 2.77. The zero-order valence-electron chi connectivity index (χ0n) is 10.3. The second-order valence-corrected chi connectivity index (χ2v) is 4.39. The molecule has 0 aromatic heterocycles. The number of rotatable bonds is 2. The molecule has 0 amide bonds. The van der Waals surface area contributed by atoms with Gasteiger partial charge in [-0.15, -0.1) is 0 Å². The van der Waals surface area contributed by atoms with E-state index in [0.717, 1.165) is 5.56 Å². The van der Waals surface area contributed by atoms with Crippen molar-refractivity contribution in [2.75, 3.05) is 20.8 Å². The third-order valence-electron chi connectivity index (χ3n) is 3.43. The monoisotopic (exact) mass is 250 g/mol. The SMILES string of the molecule is COc1cc(OC)c2c(c1)OC[C@H]1OC(=O)C[C@@H]21. The van der Waals surface area contributed by atoms with Gasteiger partial charge in [0.2, 0.25) is 0 Å². The van der Waals surface area contributed by atoms with Gasteiger partial charge in [-0.25, -0.2) is 0 Å². The minimum atomic E-state index is -0.202. The molecule has 2 atom stereocenters. The second-order valence-electron chi connectivity index (χ2n) is 4.39. The van der Waals surface area contributed by atoms with Gasteiger partial charge in [0, 0.05) is 23.6 Å². The molecule has 0 aliphatic carbocycles. The molecule has 18 heavy (non-hydrogen) atoms. The zero-order chi connectivity index (χ0) is 12.7. The van der Waals surface area contributed by atoms with Crippen LogP contribution in [-0.4, -0.2) is 32.9 Å². The van der Waals surface area contributed by atoms with E-state index in [9.17, 15) is 4.79 Å². The van der Waals surface area contributed by atoms with Crippen molar-refractivity contribution in [2.24, 2.45) is 0 Å². The number of hydrogen-bond acceptors (Lipinski definition) is 5. The molecule has 0 bridgehead atoms. The Bertz CT molecular complexity index is 479. The van der Waals surface area contributed by atoms with Crippen LogP contribution in [0.25, 0.3) is 0 Å². The number of fused-ring (bicyclic) bond motifs is 3. The maximum Gasteiger partial charge on any atom is 0.306 e. The molecule has 96 valence electrons. The molecule has 2 aliphatic rings. The summed E-state index contributed by atoms with van der Waals surface area (Å²) in [4.78, 5) is 11.4. The fourth-order valence-electron chi connectivity index (χ4n) is 2.57. The Hall–Kier alpha value is -1.91. The van der Waals surface area contributed by atoms with Crippen molar-refractivity contribution in [3.63, 3.8) is 0 Å². The summed E-state index contributed by atoms with van der Waals surface area (Å²) in [5, 5.41) is 0. The molecular formula is C13H14O5. The molecule has 0 unspecified atom stereocenters. The van der Waals surface area contributed by atoms with Gasteiger partial charge >= 0.3 is 5.97 Å². The number of esters is 1. The average molecular weight is 250 g/mol. The lowest BCUT2D eigenvalue weighted by atomic mass is 9.89. The van der Waals surface area contributed by atoms with Crippen LogP contribution in [0.4, 0.5) is 0 Å². The molecule has 1 fully saturated rings. The number of carbonyl (C=O) groups excluding carboxylic acids is 1. The quantitative estimate of drug-likeness (QED) is 0.744. The van der Waals surface area contributed by atoms with Crippen molar-refractivity contribution in [2.45, 2.75) is 18.4 Å². The molecule has 0 saturated carbocycles. The summed E-state index contributed by atoms with van der Waals surface area (Å²) in [6.07, 6.45) is 0.177. The molecule has 3 rings (SSSR count). The normalized spacial score (nSPS) is 24.7. The summed E-state index contributed by atoms with van der Waals surface area (Å²) in [6, 6.07) is 3.62. The molecule has 5 nitrogen and oxygen atoms in total. The lowest BCUT2D eigenvalue weighted by Gasteiger charge is -2.28. The van der Waals surface area contributed by atoms with E-state index in [0.29, 0.717) is 30.3 Å². The van der Waals surface area contributed by atoms with Crippen LogP contribution < -0.4 is 14.2 Å². The van der Waals surface area contributed by atoms with Crippen LogP contribution in [0.5, 0.6) is 17.2 Å². The van der Waals surface area contributed by atoms with Crippen LogP contribution in [0.3, 0.4) is 0 Å². The third-order valence-corrected chi connectivity index (χ3v) is 3.43. The largest absolute Gasteiger partial charge is 0.496 e. The molecule has 2 aliphatic heterocycles. The van der Waals surface area contributed by atoms with E-state index in [1.165, 1.54) is 0 Å². The first kappa shape index (κ1) is 11.2. The maximum atomic E-state index is 11.4. The van der Waals surface area contributed by atoms with Crippen molar-refractivity contribution in [3.8, 4) is 17.2 Å². The van der Waals surface area contributed by atoms with E-state index in [1.54, 1.807) is 20.3 Å². The summed E-state index contributed by atoms with van der Waals surface area (Å²) in [5.74, 6) is 1.90. The predicted octanol–water partition coefficient (Wildman–Crippen LogP) is 1.50. The predicted molar refractivity (Wildman–Crippen MR) is 62.3 cm³/mol. The summed E-state index contributed by atoms with van der Waals surface area (Å²) in [6.45, 7) is 0.389. The van der Waals surface area contributed by atoms with Gasteiger partial charge in [0.25, 0.3) is 0 Å². The van der Waals surface area contributed by atoms with Crippen LogP contribution in [0.1, 0.15) is 17.9 Å². The van der Waals surface area contributed by atoms with Gasteiger partial charge in [0.15, 0.2) is 0 Å². The van der Waals surface area contributed by atoms with E-state index < -0.39 is 0 Å². The van der Waals surface area contributed by atoms with Gasteiger partial charge in [-0.1, -0.05) is 0 Å². The van der Waals surface area contributed by atoms with Gasteiger partial charge < -0.3 is 18.9 Å². The number of benzene rings is 1. The summed E-state index contributed by atoms with van der Waals surface area (Å²) in [7, 11) is 3.19. The summed E-state index contributed by atoms with van der Waals surface area (Å²) >= 11 is 0. The van der Waals surface area contributed by atoms with E-state index >= 15 is 0 Å². The first-order chi connectivity index (χ1) is 8.72. The summed E-state index contributed by atoms with van der Waals surface area (Å²) in [5.41, 5.74) is 0.903. The van der Waals surface area contributed by atoms with Crippen LogP contribution in [-0.2, 0) is 9.53 Å². The van der Waals surface area contributed by atoms with Crippen LogP contribution in [0.15, 0.2) is 12.1 Å². The molecular weight excluding hydrogens is 236 g/mol. The fraction of sp³-hybridized carbons (Fsp3) is 0.462. The van der Waals surface area contributed by atoms with Crippen LogP contribution >= 0.6 is 0 Å². The number of methoxy groups -OCH3 is 2. The Kier molecular flexibility index (Phi) is 2.54. The van der Waals surface area contributed by atoms with Gasteiger partial charge in [-0.05, 0) is 0 Å². The number of carbonyl (C=O) groups is 1. The van der Waals surface area contributed by atoms with E-state index in [2.05, 4.69) is 0 Å². The van der Waals surface area contributed by atoms with Gasteiger partial charge in [-0.2, -0.15) is 0 Å². The second kappa shape index (κ2) is 4.08. The highest BCUT2D eigenvalue weighted by Crippen LogP contribution is 2.47. The highest BCUT2D eigenvalue weighted by molar-refractivity contribution is 5.75. The van der Waals surface area contributed by atoms with E-state index in [1.807, 2.05) is 6.07 Å². The molecule has 0 N–H and O–H groups in total. The lowest BCUT2D eigenvalue weighted by Crippen LogP contribution is -2.28. The molecule has 5 heteroatoms. The Balaban J connectivity index is 2.10. The first-order valence-electron chi connectivity index (χ1n) is 5.81. The van der Waals surface area contributed by atoms with Crippen molar-refractivity contribution in [1.29, 1.82) is 0 Å². The minimum absolute atomic E-state index is 0.0158. The molecule has 1 aromatic rings. The molecule has 1 saturated heterocycles. The molecule has 1 aromatic carbocycles. The highest BCUT2D eigenvalue weighted by atomic mass is 16.6. The van der Waals surface area contributed by atoms with Crippen molar-refractivity contribution in [3.05, 3.63) is 17.7 Å². The number of hydrogen-bond donors (Lipinski definition) is 0. The number of ether oxygens (including phenoxy) is 4. The van der Waals surface area contributed by atoms with Gasteiger partial charge in [-0.3, -0.25) is 4.79 Å². The molecule has 2 heterocycles. The smallest absolute Gasteiger partial charge is 0.306 e. The first-order valence-corrected chi connectivity index (χ1v) is 5.81. The topological polar surface area (TPSA) is 54.0 Å². The Morgan fingerprint density at radius 2 is 2.11 bits per heavy atom. The molecule has 0 radical (unpaired) electrons. The van der Waals surface area contributed by atoms with Crippen LogP contribution in [0.2, 0.25) is 0 Å². The van der Waals surface area contributed by atoms with Crippen molar-refractivity contribution < 1.29 is 23.7 Å².